The van der Waals surface area contributed by atoms with Crippen LogP contribution in [0.15, 0.2) is 54.1 Å². The molecule has 5 rings (SSSR count). The zero-order valence-electron chi connectivity index (χ0n) is 13.7. The Morgan fingerprint density at radius 2 is 2.04 bits per heavy atom. The molecule has 7 heteroatoms. The molecular weight excluding hydrogens is 354 g/mol. The van der Waals surface area contributed by atoms with Crippen LogP contribution in [0.2, 0.25) is 5.02 Å². The zero-order chi connectivity index (χ0) is 17.0. The van der Waals surface area contributed by atoms with E-state index in [4.69, 9.17) is 11.6 Å². The third kappa shape index (κ3) is 2.47. The Kier molecular flexibility index (Phi) is 3.40. The molecule has 0 N–H and O–H groups in total. The Morgan fingerprint density at radius 1 is 1.20 bits per heavy atom. The van der Waals surface area contributed by atoms with E-state index in [-0.39, 0.29) is 0 Å². The number of rotatable bonds is 3. The molecule has 4 heterocycles. The average molecular weight is 372 g/mol. The van der Waals surface area contributed by atoms with Gasteiger partial charge in [-0.2, -0.15) is 0 Å². The zero-order valence-corrected chi connectivity index (χ0v) is 15.3. The van der Waals surface area contributed by atoms with E-state index in [2.05, 4.69) is 37.3 Å². The van der Waals surface area contributed by atoms with Crippen molar-refractivity contribution in [1.29, 1.82) is 0 Å². The number of halogens is 1. The molecule has 1 aromatic carbocycles. The lowest BCUT2D eigenvalue weighted by Gasteiger charge is -2.61. The summed E-state index contributed by atoms with van der Waals surface area (Å²) in [5, 5.41) is 0.792. The Hall–Kier alpha value is -1.92. The average Bonchev–Trinajstić information content (AvgIpc) is 2.96. The summed E-state index contributed by atoms with van der Waals surface area (Å²) in [5.41, 5.74) is 1.60. The van der Waals surface area contributed by atoms with Crippen molar-refractivity contribution in [2.24, 2.45) is 5.41 Å². The highest BCUT2D eigenvalue weighted by molar-refractivity contribution is 7.99. The first-order valence-electron chi connectivity index (χ1n) is 8.28. The second-order valence-corrected chi connectivity index (χ2v) is 8.43. The smallest absolute Gasteiger partial charge is 0.147 e. The highest BCUT2D eigenvalue weighted by Gasteiger charge is 2.53. The van der Waals surface area contributed by atoms with Crippen molar-refractivity contribution in [3.05, 3.63) is 54.2 Å². The fourth-order valence-corrected chi connectivity index (χ4v) is 5.27. The van der Waals surface area contributed by atoms with Crippen molar-refractivity contribution in [3.8, 4) is 0 Å². The largest absolute Gasteiger partial charge is 0.357 e. The molecule has 0 radical (unpaired) electrons. The number of nitrogens with zero attached hydrogens (tertiary/aromatic N) is 5. The van der Waals surface area contributed by atoms with Crippen LogP contribution in [-0.4, -0.2) is 46.9 Å². The number of aromatic nitrogens is 2. The minimum Gasteiger partial charge on any atom is -0.357 e. The minimum atomic E-state index is 0.385. The molecule has 2 fully saturated rings. The van der Waals surface area contributed by atoms with Gasteiger partial charge in [0.15, 0.2) is 0 Å². The first-order valence-corrected chi connectivity index (χ1v) is 9.65. The molecule has 128 valence electrons. The van der Waals surface area contributed by atoms with Gasteiger partial charge in [0.05, 0.1) is 17.8 Å². The van der Waals surface area contributed by atoms with Crippen molar-refractivity contribution >= 4 is 34.9 Å². The van der Waals surface area contributed by atoms with Gasteiger partial charge in [0.2, 0.25) is 0 Å². The summed E-state index contributed by atoms with van der Waals surface area (Å²) in [7, 11) is 0. The van der Waals surface area contributed by atoms with Gasteiger partial charge in [-0.15, -0.1) is 11.8 Å². The Balaban J connectivity index is 1.22. The fourth-order valence-electron chi connectivity index (χ4n) is 3.94. The van der Waals surface area contributed by atoms with Gasteiger partial charge in [-0.1, -0.05) is 18.2 Å². The molecule has 1 aromatic heterocycles. The van der Waals surface area contributed by atoms with Crippen LogP contribution < -0.4 is 9.80 Å². The van der Waals surface area contributed by atoms with Gasteiger partial charge >= 0.3 is 0 Å². The van der Waals surface area contributed by atoms with Crippen LogP contribution >= 0.6 is 23.4 Å². The summed E-state index contributed by atoms with van der Waals surface area (Å²) >= 11 is 7.92. The van der Waals surface area contributed by atoms with Gasteiger partial charge in [0.25, 0.3) is 0 Å². The summed E-state index contributed by atoms with van der Waals surface area (Å²) < 4.78 is 0. The normalized spacial score (nSPS) is 20.3. The van der Waals surface area contributed by atoms with Crippen LogP contribution in [0.25, 0.3) is 0 Å². The third-order valence-electron chi connectivity index (χ3n) is 5.22. The highest BCUT2D eigenvalue weighted by atomic mass is 35.5. The van der Waals surface area contributed by atoms with Crippen molar-refractivity contribution in [2.45, 2.75) is 4.90 Å². The molecule has 25 heavy (non-hydrogen) atoms. The molecule has 0 saturated carbocycles. The molecule has 5 nitrogen and oxygen atoms in total. The van der Waals surface area contributed by atoms with E-state index in [9.17, 15) is 0 Å². The predicted molar refractivity (Wildman–Crippen MR) is 102 cm³/mol. The molecule has 3 aliphatic heterocycles. The van der Waals surface area contributed by atoms with E-state index in [1.54, 1.807) is 12.4 Å². The van der Waals surface area contributed by atoms with Gasteiger partial charge in [-0.25, -0.2) is 4.98 Å². The second kappa shape index (κ2) is 5.54. The topological polar surface area (TPSA) is 35.5 Å². The van der Waals surface area contributed by atoms with E-state index < -0.39 is 0 Å². The molecule has 0 atom stereocenters. The van der Waals surface area contributed by atoms with E-state index in [1.807, 2.05) is 30.1 Å². The Labute approximate surface area is 156 Å². The van der Waals surface area contributed by atoms with Gasteiger partial charge in [-0.05, 0) is 18.2 Å². The van der Waals surface area contributed by atoms with E-state index in [1.165, 1.54) is 10.6 Å². The van der Waals surface area contributed by atoms with Gasteiger partial charge in [0, 0.05) is 53.9 Å². The van der Waals surface area contributed by atoms with Crippen LogP contribution in [0.3, 0.4) is 0 Å². The van der Waals surface area contributed by atoms with Crippen LogP contribution in [0, 0.1) is 5.41 Å². The monoisotopic (exact) mass is 371 g/mol. The molecule has 3 aliphatic rings. The lowest BCUT2D eigenvalue weighted by atomic mass is 9.73. The van der Waals surface area contributed by atoms with Crippen molar-refractivity contribution in [1.82, 2.24) is 14.9 Å². The lowest BCUT2D eigenvalue weighted by Crippen LogP contribution is -2.72. The standard InChI is InChI=1S/C18H18ClN5S/c1-13(24-12-25-16-6-14(19)2-3-15(16)24)22-8-18(9-22)10-23(11-18)17-7-20-4-5-21-17/h2-7H,1,8-12H2. The van der Waals surface area contributed by atoms with Crippen molar-refractivity contribution in [2.75, 3.05) is 41.9 Å². The second-order valence-electron chi connectivity index (χ2n) is 7.01. The number of hydrogen-bond donors (Lipinski definition) is 0. The molecule has 2 saturated heterocycles. The Bertz CT molecular complexity index is 829. The highest BCUT2D eigenvalue weighted by Crippen LogP contribution is 2.46. The van der Waals surface area contributed by atoms with Crippen molar-refractivity contribution < 1.29 is 0 Å². The molecule has 1 spiro atoms. The maximum atomic E-state index is 6.10. The number of likely N-dealkylation sites (tertiary alicyclic amines) is 1. The fraction of sp³-hybridized carbons (Fsp3) is 0.333. The summed E-state index contributed by atoms with van der Waals surface area (Å²) in [4.78, 5) is 16.8. The molecule has 0 bridgehead atoms. The number of thioether (sulfide) groups is 1. The summed E-state index contributed by atoms with van der Waals surface area (Å²) in [6, 6.07) is 6.09. The van der Waals surface area contributed by atoms with Gasteiger partial charge in [-0.3, -0.25) is 4.98 Å². The number of fused-ring (bicyclic) bond motifs is 1. The van der Waals surface area contributed by atoms with Crippen LogP contribution in [0.4, 0.5) is 11.5 Å². The quantitative estimate of drug-likeness (QED) is 0.823. The molecule has 0 amide bonds. The van der Waals surface area contributed by atoms with E-state index >= 15 is 0 Å². The number of hydrogen-bond acceptors (Lipinski definition) is 6. The summed E-state index contributed by atoms with van der Waals surface area (Å²) in [6.07, 6.45) is 5.31. The summed E-state index contributed by atoms with van der Waals surface area (Å²) in [6.45, 7) is 8.58. The molecule has 0 unspecified atom stereocenters. The Morgan fingerprint density at radius 3 is 2.80 bits per heavy atom. The summed E-state index contributed by atoms with van der Waals surface area (Å²) in [5.74, 6) is 2.98. The van der Waals surface area contributed by atoms with Gasteiger partial charge in [0.1, 0.15) is 11.6 Å². The van der Waals surface area contributed by atoms with Crippen molar-refractivity contribution in [3.63, 3.8) is 0 Å². The lowest BCUT2D eigenvalue weighted by molar-refractivity contribution is 0.00191. The van der Waals surface area contributed by atoms with Crippen LogP contribution in [0.5, 0.6) is 0 Å². The number of anilines is 2. The maximum Gasteiger partial charge on any atom is 0.147 e. The number of benzene rings is 1. The van der Waals surface area contributed by atoms with E-state index in [0.717, 1.165) is 48.7 Å². The SMILES string of the molecule is C=C(N1CC2(C1)CN(c1cnccn1)C2)N1CSc2cc(Cl)ccc21. The molecule has 0 aliphatic carbocycles. The third-order valence-corrected chi connectivity index (χ3v) is 6.48. The maximum absolute atomic E-state index is 6.10. The predicted octanol–water partition coefficient (Wildman–Crippen LogP) is 3.29. The first kappa shape index (κ1) is 15.3. The molecule has 2 aromatic rings. The van der Waals surface area contributed by atoms with Crippen LogP contribution in [0.1, 0.15) is 0 Å². The van der Waals surface area contributed by atoms with Gasteiger partial charge < -0.3 is 14.7 Å². The molecular formula is C18H18ClN5S. The van der Waals surface area contributed by atoms with E-state index in [0.29, 0.717) is 5.41 Å². The first-order chi connectivity index (χ1) is 12.1. The van der Waals surface area contributed by atoms with Crippen LogP contribution in [-0.2, 0) is 0 Å². The minimum absolute atomic E-state index is 0.385.